The average molecular weight is 196 g/mol. The molecular formula is C10H10ClNO. The molecule has 0 heterocycles. The van der Waals surface area contributed by atoms with E-state index < -0.39 is 0 Å². The van der Waals surface area contributed by atoms with Crippen LogP contribution >= 0.6 is 11.6 Å². The van der Waals surface area contributed by atoms with Gasteiger partial charge in [-0.2, -0.15) is 0 Å². The predicted molar refractivity (Wildman–Crippen MR) is 57.1 cm³/mol. The lowest BCUT2D eigenvalue weighted by atomic mass is 10.1. The minimum atomic E-state index is 0.432. The third kappa shape index (κ3) is 2.10. The van der Waals surface area contributed by atoms with Gasteiger partial charge in [0.05, 0.1) is 12.8 Å². The molecule has 68 valence electrons. The Morgan fingerprint density at radius 3 is 2.69 bits per heavy atom. The van der Waals surface area contributed by atoms with Crippen molar-refractivity contribution in [2.24, 2.45) is 4.99 Å². The summed E-state index contributed by atoms with van der Waals surface area (Å²) in [7, 11) is 1.59. The van der Waals surface area contributed by atoms with Crippen LogP contribution in [0.3, 0.4) is 0 Å². The van der Waals surface area contributed by atoms with Crippen LogP contribution in [-0.2, 0) is 0 Å². The molecule has 13 heavy (non-hydrogen) atoms. The average Bonchev–Trinajstić information content (AvgIpc) is 2.16. The van der Waals surface area contributed by atoms with Gasteiger partial charge in [-0.3, -0.25) is 4.99 Å². The molecule has 2 nitrogen and oxygen atoms in total. The Labute approximate surface area is 82.5 Å². The van der Waals surface area contributed by atoms with Crippen molar-refractivity contribution in [3.8, 4) is 5.75 Å². The van der Waals surface area contributed by atoms with Crippen molar-refractivity contribution in [2.45, 2.75) is 0 Å². The number of ether oxygens (including phenoxy) is 1. The van der Waals surface area contributed by atoms with Crippen molar-refractivity contribution in [3.63, 3.8) is 0 Å². The molecule has 1 aromatic rings. The van der Waals surface area contributed by atoms with Crippen molar-refractivity contribution in [3.05, 3.63) is 30.3 Å². The second-order valence-electron chi connectivity index (χ2n) is 2.45. The second-order valence-corrected chi connectivity index (χ2v) is 2.90. The Morgan fingerprint density at radius 2 is 2.23 bits per heavy atom. The number of methoxy groups -OCH3 is 1. The van der Waals surface area contributed by atoms with Gasteiger partial charge in [-0.15, -0.1) is 0 Å². The van der Waals surface area contributed by atoms with Crippen LogP contribution in [0.5, 0.6) is 5.75 Å². The highest BCUT2D eigenvalue weighted by atomic mass is 35.5. The lowest BCUT2D eigenvalue weighted by Crippen LogP contribution is -1.84. The van der Waals surface area contributed by atoms with E-state index >= 15 is 0 Å². The molecule has 0 radical (unpaired) electrons. The number of hydrogen-bond donors (Lipinski definition) is 0. The first-order valence-electron chi connectivity index (χ1n) is 3.68. The summed E-state index contributed by atoms with van der Waals surface area (Å²) in [5.74, 6) is 0.726. The van der Waals surface area contributed by atoms with Gasteiger partial charge >= 0.3 is 0 Å². The molecule has 0 amide bonds. The zero-order valence-electron chi connectivity index (χ0n) is 7.38. The minimum absolute atomic E-state index is 0.432. The molecule has 0 aliphatic heterocycles. The third-order valence-corrected chi connectivity index (χ3v) is 1.87. The zero-order chi connectivity index (χ0) is 9.84. The van der Waals surface area contributed by atoms with Crippen molar-refractivity contribution < 1.29 is 4.74 Å². The van der Waals surface area contributed by atoms with Gasteiger partial charge in [-0.1, -0.05) is 18.2 Å². The highest BCUT2D eigenvalue weighted by molar-refractivity contribution is 6.48. The van der Waals surface area contributed by atoms with E-state index in [9.17, 15) is 0 Å². The predicted octanol–water partition coefficient (Wildman–Crippen LogP) is 3.24. The van der Waals surface area contributed by atoms with Crippen LogP contribution in [0.15, 0.2) is 29.8 Å². The van der Waals surface area contributed by atoms with E-state index in [1.54, 1.807) is 25.3 Å². The Morgan fingerprint density at radius 1 is 1.54 bits per heavy atom. The van der Waals surface area contributed by atoms with Crippen LogP contribution in [0.2, 0.25) is 0 Å². The quantitative estimate of drug-likeness (QED) is 0.679. The fourth-order valence-corrected chi connectivity index (χ4v) is 1.15. The Balaban J connectivity index is 3.25. The lowest BCUT2D eigenvalue weighted by molar-refractivity contribution is 0.415. The monoisotopic (exact) mass is 195 g/mol. The number of nitrogens with zero attached hydrogens (tertiary/aromatic N) is 1. The van der Waals surface area contributed by atoms with E-state index in [0.717, 1.165) is 11.3 Å². The first kappa shape index (κ1) is 9.81. The van der Waals surface area contributed by atoms with Gasteiger partial charge in [0, 0.05) is 10.6 Å². The zero-order valence-corrected chi connectivity index (χ0v) is 8.14. The molecule has 0 aliphatic rings. The second kappa shape index (κ2) is 4.10. The Bertz CT molecular complexity index is 347. The summed E-state index contributed by atoms with van der Waals surface area (Å²) in [6.07, 6.45) is 0. The fourth-order valence-electron chi connectivity index (χ4n) is 0.997. The summed E-state index contributed by atoms with van der Waals surface area (Å²) in [5.41, 5.74) is 1.46. The van der Waals surface area contributed by atoms with Gasteiger partial charge in [0.15, 0.2) is 0 Å². The molecule has 0 aromatic heterocycles. The number of aliphatic imine (C=N–C) groups is 1. The van der Waals surface area contributed by atoms with Crippen molar-refractivity contribution in [1.82, 2.24) is 0 Å². The molecule has 1 rings (SSSR count). The van der Waals surface area contributed by atoms with Crippen LogP contribution in [0.25, 0.3) is 5.03 Å². The standard InChI is InChI=1S/C10H10ClNO/c1-7(11)9-6-8(13-3)4-5-10(9)12-2/h4-6H,1-2H2,3H3. The maximum Gasteiger partial charge on any atom is 0.119 e. The number of rotatable bonds is 3. The summed E-state index contributed by atoms with van der Waals surface area (Å²) in [6, 6.07) is 5.36. The topological polar surface area (TPSA) is 21.6 Å². The molecule has 0 N–H and O–H groups in total. The molecule has 0 bridgehead atoms. The van der Waals surface area contributed by atoms with Crippen LogP contribution in [0.4, 0.5) is 5.69 Å². The molecule has 1 aromatic carbocycles. The smallest absolute Gasteiger partial charge is 0.119 e. The van der Waals surface area contributed by atoms with E-state index in [0.29, 0.717) is 10.7 Å². The summed E-state index contributed by atoms with van der Waals surface area (Å²) in [4.78, 5) is 3.82. The molecule has 3 heteroatoms. The van der Waals surface area contributed by atoms with E-state index in [-0.39, 0.29) is 0 Å². The molecule has 0 aliphatic carbocycles. The molecule has 0 spiro atoms. The van der Waals surface area contributed by atoms with Gasteiger partial charge in [-0.05, 0) is 24.9 Å². The summed E-state index contributed by atoms with van der Waals surface area (Å²) in [5, 5.41) is 0.432. The van der Waals surface area contributed by atoms with Crippen molar-refractivity contribution >= 4 is 29.0 Å². The van der Waals surface area contributed by atoms with Gasteiger partial charge in [0.1, 0.15) is 5.75 Å². The highest BCUT2D eigenvalue weighted by Gasteiger charge is 2.04. The Kier molecular flexibility index (Phi) is 3.09. The van der Waals surface area contributed by atoms with Gasteiger partial charge < -0.3 is 4.74 Å². The molecule has 0 saturated heterocycles. The van der Waals surface area contributed by atoms with Crippen LogP contribution in [0.1, 0.15) is 5.56 Å². The summed E-state index contributed by atoms with van der Waals surface area (Å²) in [6.45, 7) is 7.07. The van der Waals surface area contributed by atoms with Gasteiger partial charge in [0.2, 0.25) is 0 Å². The molecule has 0 saturated carbocycles. The van der Waals surface area contributed by atoms with Gasteiger partial charge in [-0.25, -0.2) is 0 Å². The fraction of sp³-hybridized carbons (Fsp3) is 0.100. The van der Waals surface area contributed by atoms with Crippen LogP contribution in [-0.4, -0.2) is 13.8 Å². The van der Waals surface area contributed by atoms with Crippen LogP contribution < -0.4 is 4.74 Å². The molecular weight excluding hydrogens is 186 g/mol. The highest BCUT2D eigenvalue weighted by Crippen LogP contribution is 2.30. The number of hydrogen-bond acceptors (Lipinski definition) is 2. The van der Waals surface area contributed by atoms with Crippen molar-refractivity contribution in [1.29, 1.82) is 0 Å². The van der Waals surface area contributed by atoms with Crippen molar-refractivity contribution in [2.75, 3.05) is 7.11 Å². The van der Waals surface area contributed by atoms with E-state index in [2.05, 4.69) is 18.3 Å². The molecule has 0 atom stereocenters. The van der Waals surface area contributed by atoms with Gasteiger partial charge in [0.25, 0.3) is 0 Å². The molecule has 0 unspecified atom stereocenters. The molecule has 0 fully saturated rings. The normalized spacial score (nSPS) is 9.38. The van der Waals surface area contributed by atoms with E-state index in [4.69, 9.17) is 16.3 Å². The minimum Gasteiger partial charge on any atom is -0.497 e. The largest absolute Gasteiger partial charge is 0.497 e. The van der Waals surface area contributed by atoms with E-state index in [1.807, 2.05) is 0 Å². The number of halogens is 1. The third-order valence-electron chi connectivity index (χ3n) is 1.67. The van der Waals surface area contributed by atoms with E-state index in [1.165, 1.54) is 0 Å². The Hall–Kier alpha value is -1.28. The maximum atomic E-state index is 5.78. The SMILES string of the molecule is C=Nc1ccc(OC)cc1C(=C)Cl. The summed E-state index contributed by atoms with van der Waals surface area (Å²) < 4.78 is 5.04. The first-order valence-corrected chi connectivity index (χ1v) is 4.06. The lowest BCUT2D eigenvalue weighted by Gasteiger charge is -2.05. The maximum absolute atomic E-state index is 5.78. The first-order chi connectivity index (χ1) is 6.19. The number of benzene rings is 1. The summed E-state index contributed by atoms with van der Waals surface area (Å²) >= 11 is 5.78. The van der Waals surface area contributed by atoms with Crippen LogP contribution in [0, 0.1) is 0 Å².